The minimum Gasteiger partial charge on any atom is -0.496 e. The lowest BCUT2D eigenvalue weighted by Crippen LogP contribution is -2.48. The van der Waals surface area contributed by atoms with Crippen LogP contribution in [0.15, 0.2) is 36.5 Å². The first-order valence-corrected chi connectivity index (χ1v) is 14.8. The molecule has 2 heterocycles. The van der Waals surface area contributed by atoms with Gasteiger partial charge in [-0.3, -0.25) is 14.5 Å². The van der Waals surface area contributed by atoms with Crippen molar-refractivity contribution >= 4 is 22.8 Å². The smallest absolute Gasteiger partial charge is 0.311 e. The summed E-state index contributed by atoms with van der Waals surface area (Å²) in [6.07, 6.45) is 7.15. The molecule has 2 aliphatic carbocycles. The molecule has 3 aliphatic rings. The second-order valence-electron chi connectivity index (χ2n) is 12.7. The number of aromatic nitrogens is 1. The summed E-state index contributed by atoms with van der Waals surface area (Å²) >= 11 is 0. The lowest BCUT2D eigenvalue weighted by Gasteiger charge is -2.53. The van der Waals surface area contributed by atoms with Gasteiger partial charge in [0.25, 0.3) is 5.91 Å². The number of rotatable bonds is 8. The molecule has 1 aromatic heterocycles. The molecule has 1 aliphatic heterocycles. The van der Waals surface area contributed by atoms with Crippen molar-refractivity contribution in [2.24, 2.45) is 16.7 Å². The van der Waals surface area contributed by atoms with E-state index in [-0.39, 0.29) is 29.5 Å². The highest BCUT2D eigenvalue weighted by molar-refractivity contribution is 5.94. The summed E-state index contributed by atoms with van der Waals surface area (Å²) in [5, 5.41) is 22.8. The molecule has 1 amide bonds. The van der Waals surface area contributed by atoms with Gasteiger partial charge in [0.1, 0.15) is 11.6 Å². The zero-order valence-corrected chi connectivity index (χ0v) is 24.1. The molecule has 8 nitrogen and oxygen atoms in total. The summed E-state index contributed by atoms with van der Waals surface area (Å²) in [6, 6.07) is 10.9. The van der Waals surface area contributed by atoms with E-state index in [0.29, 0.717) is 24.9 Å². The minimum absolute atomic E-state index is 0.0126. The maximum Gasteiger partial charge on any atom is 0.311 e. The van der Waals surface area contributed by atoms with E-state index < -0.39 is 23.1 Å². The van der Waals surface area contributed by atoms with Gasteiger partial charge in [-0.15, -0.1) is 0 Å². The van der Waals surface area contributed by atoms with E-state index in [4.69, 9.17) is 4.74 Å². The predicted octanol–water partition coefficient (Wildman–Crippen LogP) is 5.87. The van der Waals surface area contributed by atoms with Crippen LogP contribution in [0.5, 0.6) is 5.75 Å². The van der Waals surface area contributed by atoms with E-state index >= 15 is 4.39 Å². The number of carboxylic acid groups (broad SMARTS) is 1. The molecule has 3 N–H and O–H groups in total. The molecule has 1 atom stereocenters. The first kappa shape index (κ1) is 28.2. The average Bonchev–Trinajstić information content (AvgIpc) is 3.43. The van der Waals surface area contributed by atoms with E-state index in [2.05, 4.69) is 27.3 Å². The molecule has 2 aromatic carbocycles. The summed E-state index contributed by atoms with van der Waals surface area (Å²) in [4.78, 5) is 30.2. The van der Waals surface area contributed by atoms with Gasteiger partial charge < -0.3 is 20.1 Å². The molecule has 42 heavy (non-hydrogen) atoms. The number of amides is 1. The SMILES string of the molecule is COc1cc(C)c2[nH]ccc2c1CN1CCC2(CC(C#N)C2)C[C@H]1c1ccc(C(=O)NCC2(C(=O)O)CCC2)cc1F. The molecule has 2 saturated carbocycles. The fourth-order valence-electron chi connectivity index (χ4n) is 7.47. The number of aryl methyl sites for hydroxylation is 1. The summed E-state index contributed by atoms with van der Waals surface area (Å²) in [5.74, 6) is -0.983. The van der Waals surface area contributed by atoms with Crippen LogP contribution in [0.3, 0.4) is 0 Å². The van der Waals surface area contributed by atoms with E-state index in [0.717, 1.165) is 66.4 Å². The molecule has 0 bridgehead atoms. The number of benzene rings is 2. The Bertz CT molecular complexity index is 1580. The lowest BCUT2D eigenvalue weighted by atomic mass is 9.56. The second-order valence-corrected chi connectivity index (χ2v) is 12.7. The normalized spacial score (nSPS) is 24.9. The van der Waals surface area contributed by atoms with Crippen molar-refractivity contribution in [2.45, 2.75) is 64.5 Å². The van der Waals surface area contributed by atoms with Gasteiger partial charge in [-0.05, 0) is 87.2 Å². The topological polar surface area (TPSA) is 118 Å². The maximum atomic E-state index is 15.9. The van der Waals surface area contributed by atoms with Crippen LogP contribution in [0.25, 0.3) is 10.9 Å². The van der Waals surface area contributed by atoms with Gasteiger partial charge in [0.05, 0.1) is 18.6 Å². The van der Waals surface area contributed by atoms with Crippen molar-refractivity contribution in [2.75, 3.05) is 20.2 Å². The number of hydrogen-bond donors (Lipinski definition) is 3. The number of piperidine rings is 1. The number of aliphatic carboxylic acids is 1. The summed E-state index contributed by atoms with van der Waals surface area (Å²) in [6.45, 7) is 3.40. The number of aromatic amines is 1. The third-order valence-corrected chi connectivity index (χ3v) is 10.2. The molecule has 0 radical (unpaired) electrons. The number of carboxylic acids is 1. The van der Waals surface area contributed by atoms with Gasteiger partial charge in [0.15, 0.2) is 0 Å². The Morgan fingerprint density at radius 1 is 1.21 bits per heavy atom. The number of hydrogen-bond acceptors (Lipinski definition) is 5. The Hall–Kier alpha value is -3.90. The maximum absolute atomic E-state index is 15.9. The Morgan fingerprint density at radius 3 is 2.64 bits per heavy atom. The second kappa shape index (κ2) is 10.7. The van der Waals surface area contributed by atoms with Crippen molar-refractivity contribution in [1.29, 1.82) is 5.26 Å². The number of likely N-dealkylation sites (tertiary alicyclic amines) is 1. The molecular weight excluding hydrogens is 535 g/mol. The van der Waals surface area contributed by atoms with Crippen LogP contribution in [-0.2, 0) is 11.3 Å². The number of fused-ring (bicyclic) bond motifs is 1. The van der Waals surface area contributed by atoms with Gasteiger partial charge in [-0.1, -0.05) is 12.5 Å². The number of carbonyl (C=O) groups excluding carboxylic acids is 1. The van der Waals surface area contributed by atoms with E-state index in [9.17, 15) is 20.0 Å². The first-order chi connectivity index (χ1) is 20.2. The van der Waals surface area contributed by atoms with E-state index in [1.165, 1.54) is 6.07 Å². The number of nitrogens with one attached hydrogen (secondary N) is 2. The van der Waals surface area contributed by atoms with Gasteiger partial charge in [0, 0.05) is 58.8 Å². The quantitative estimate of drug-likeness (QED) is 0.311. The number of methoxy groups -OCH3 is 1. The molecule has 1 spiro atoms. The van der Waals surface area contributed by atoms with Crippen molar-refractivity contribution in [3.8, 4) is 11.8 Å². The van der Waals surface area contributed by atoms with Gasteiger partial charge in [-0.2, -0.15) is 5.26 Å². The molecule has 9 heteroatoms. The standard InChI is InChI=1S/C33H37FN4O4/c1-20-12-28(42-2)25(23-6-10-36-29(20)23)18-38-11-9-32(14-21(15-32)17-35)16-27(38)24-5-4-22(13-26(24)34)30(39)37-19-33(31(40)41)7-3-8-33/h4-6,10,12-13,21,27,36H,3,7-9,11,14-16,18-19H2,1-2H3,(H,37,39)(H,40,41)/t21?,27-,32?/m0/s1. The lowest BCUT2D eigenvalue weighted by molar-refractivity contribution is -0.153. The molecule has 220 valence electrons. The summed E-state index contributed by atoms with van der Waals surface area (Å²) in [5.41, 5.74) is 2.99. The largest absolute Gasteiger partial charge is 0.496 e. The van der Waals surface area contributed by atoms with Crippen molar-refractivity contribution in [1.82, 2.24) is 15.2 Å². The van der Waals surface area contributed by atoms with Gasteiger partial charge in [-0.25, -0.2) is 4.39 Å². The number of halogens is 1. The number of H-pyrrole nitrogens is 1. The van der Waals surface area contributed by atoms with Crippen LogP contribution in [-0.4, -0.2) is 47.1 Å². The van der Waals surface area contributed by atoms with Crippen LogP contribution in [0.4, 0.5) is 4.39 Å². The van der Waals surface area contributed by atoms with E-state index in [1.54, 1.807) is 19.2 Å². The fraction of sp³-hybridized carbons (Fsp3) is 0.485. The number of carbonyl (C=O) groups is 2. The highest BCUT2D eigenvalue weighted by Gasteiger charge is 2.49. The molecular formula is C33H37FN4O4. The van der Waals surface area contributed by atoms with Crippen molar-refractivity contribution < 1.29 is 23.8 Å². The zero-order valence-electron chi connectivity index (χ0n) is 24.1. The number of ether oxygens (including phenoxy) is 1. The highest BCUT2D eigenvalue weighted by atomic mass is 19.1. The van der Waals surface area contributed by atoms with Crippen LogP contribution < -0.4 is 10.1 Å². The third kappa shape index (κ3) is 4.82. The third-order valence-electron chi connectivity index (χ3n) is 10.2. The monoisotopic (exact) mass is 572 g/mol. The van der Waals surface area contributed by atoms with Gasteiger partial charge >= 0.3 is 5.97 Å². The van der Waals surface area contributed by atoms with Gasteiger partial charge in [0.2, 0.25) is 0 Å². The van der Waals surface area contributed by atoms with Crippen LogP contribution in [0.1, 0.15) is 78.0 Å². The summed E-state index contributed by atoms with van der Waals surface area (Å²) < 4.78 is 21.7. The van der Waals surface area contributed by atoms with Crippen molar-refractivity contribution in [3.05, 3.63) is 64.6 Å². The highest BCUT2D eigenvalue weighted by Crippen LogP contribution is 2.57. The Balaban J connectivity index is 1.28. The Labute approximate surface area is 244 Å². The van der Waals surface area contributed by atoms with E-state index in [1.807, 2.05) is 19.2 Å². The summed E-state index contributed by atoms with van der Waals surface area (Å²) in [7, 11) is 1.67. The number of nitrogens with zero attached hydrogens (tertiary/aromatic N) is 2. The predicted molar refractivity (Wildman–Crippen MR) is 155 cm³/mol. The molecule has 3 aromatic rings. The Morgan fingerprint density at radius 2 is 2.00 bits per heavy atom. The molecule has 3 fully saturated rings. The van der Waals surface area contributed by atoms with Crippen LogP contribution in [0, 0.1) is 40.8 Å². The fourth-order valence-corrected chi connectivity index (χ4v) is 7.47. The number of nitriles is 1. The molecule has 1 saturated heterocycles. The first-order valence-electron chi connectivity index (χ1n) is 14.8. The van der Waals surface area contributed by atoms with Crippen LogP contribution >= 0.6 is 0 Å². The minimum atomic E-state index is -0.920. The molecule has 0 unspecified atom stereocenters. The molecule has 6 rings (SSSR count). The zero-order chi connectivity index (χ0) is 29.6. The Kier molecular flexibility index (Phi) is 7.22. The average molecular weight is 573 g/mol. The van der Waals surface area contributed by atoms with Crippen molar-refractivity contribution in [3.63, 3.8) is 0 Å². The van der Waals surface area contributed by atoms with Crippen LogP contribution in [0.2, 0.25) is 0 Å².